The molecule has 0 saturated carbocycles. The zero-order chi connectivity index (χ0) is 26.8. The largest absolute Gasteiger partial charge is 0.506 e. The van der Waals surface area contributed by atoms with Crippen LogP contribution in [0.5, 0.6) is 5.75 Å². The predicted molar refractivity (Wildman–Crippen MR) is 140 cm³/mol. The predicted octanol–water partition coefficient (Wildman–Crippen LogP) is 4.40. The van der Waals surface area contributed by atoms with Gasteiger partial charge in [0.2, 0.25) is 0 Å². The number of aliphatic imine (C=N–C) groups is 1. The van der Waals surface area contributed by atoms with Gasteiger partial charge in [-0.25, -0.2) is 0 Å². The summed E-state index contributed by atoms with van der Waals surface area (Å²) in [6.07, 6.45) is 5.29. The summed E-state index contributed by atoms with van der Waals surface area (Å²) in [5, 5.41) is 13.7. The van der Waals surface area contributed by atoms with Crippen LogP contribution in [0.1, 0.15) is 37.5 Å². The second-order valence-corrected chi connectivity index (χ2v) is 11.0. The first-order valence-corrected chi connectivity index (χ1v) is 14.0. The van der Waals surface area contributed by atoms with E-state index >= 15 is 0 Å². The van der Waals surface area contributed by atoms with Crippen molar-refractivity contribution in [2.75, 3.05) is 18.4 Å². The van der Waals surface area contributed by atoms with Gasteiger partial charge in [0.25, 0.3) is 20.2 Å². The average molecular weight is 533 g/mol. The van der Waals surface area contributed by atoms with Crippen molar-refractivity contribution in [3.63, 3.8) is 0 Å². The van der Waals surface area contributed by atoms with Crippen LogP contribution in [0.3, 0.4) is 0 Å². The Kier molecular flexibility index (Phi) is 7.89. The zero-order valence-electron chi connectivity index (χ0n) is 20.3. The molecule has 0 saturated heterocycles. The van der Waals surface area contributed by atoms with Gasteiger partial charge in [-0.2, -0.15) is 16.8 Å². The van der Waals surface area contributed by atoms with Gasteiger partial charge < -0.3 is 10.4 Å². The first-order chi connectivity index (χ1) is 16.8. The highest BCUT2D eigenvalue weighted by Crippen LogP contribution is 2.39. The Hall–Kier alpha value is -3.25. The molecule has 0 aromatic heterocycles. The van der Waals surface area contributed by atoms with Crippen molar-refractivity contribution in [1.29, 1.82) is 0 Å². The van der Waals surface area contributed by atoms with E-state index in [-0.39, 0.29) is 5.56 Å². The molecule has 2 aromatic rings. The molecule has 2 aromatic carbocycles. The minimum atomic E-state index is -4.99. The van der Waals surface area contributed by atoms with Gasteiger partial charge in [0, 0.05) is 24.3 Å². The van der Waals surface area contributed by atoms with Crippen molar-refractivity contribution >= 4 is 37.2 Å². The van der Waals surface area contributed by atoms with Crippen LogP contribution < -0.4 is 5.32 Å². The second-order valence-electron chi connectivity index (χ2n) is 8.18. The molecule has 0 atom stereocenters. The van der Waals surface area contributed by atoms with Gasteiger partial charge in [-0.1, -0.05) is 12.1 Å². The highest BCUT2D eigenvalue weighted by molar-refractivity contribution is 7.86. The standard InChI is InChI=1S/C25H28N2O7S2/c1-5-26-20-9-7-17(11-15(20)3)25(18-8-10-21(27-6-2)16(4)12-18)19-13-22(28)24(36(32,33)34)14-23(19)35(29,30)31/h7-14,26,28H,5-6H2,1-4H3,(H,29,30,31)(H,32,33,34). The molecule has 0 aliphatic heterocycles. The normalized spacial score (nSPS) is 16.7. The molecule has 4 N–H and O–H groups in total. The Morgan fingerprint density at radius 1 is 0.944 bits per heavy atom. The van der Waals surface area contributed by atoms with Gasteiger partial charge in [0.15, 0.2) is 0 Å². The van der Waals surface area contributed by atoms with Crippen LogP contribution >= 0.6 is 0 Å². The Labute approximate surface area is 211 Å². The summed E-state index contributed by atoms with van der Waals surface area (Å²) in [5.74, 6) is -0.868. The molecule has 0 unspecified atom stereocenters. The number of aryl methyl sites for hydroxylation is 1. The average Bonchev–Trinajstić information content (AvgIpc) is 2.76. The van der Waals surface area contributed by atoms with Gasteiger partial charge in [0.1, 0.15) is 15.5 Å². The molecular formula is C25H28N2O7S2. The number of benzene rings is 2. The van der Waals surface area contributed by atoms with E-state index in [2.05, 4.69) is 10.3 Å². The molecule has 1 aliphatic rings. The van der Waals surface area contributed by atoms with Crippen LogP contribution in [0.25, 0.3) is 5.57 Å². The van der Waals surface area contributed by atoms with Crippen molar-refractivity contribution in [2.24, 2.45) is 4.99 Å². The molecular weight excluding hydrogens is 504 g/mol. The molecule has 0 heterocycles. The Bertz CT molecular complexity index is 1550. The van der Waals surface area contributed by atoms with Crippen LogP contribution in [0.15, 0.2) is 74.5 Å². The van der Waals surface area contributed by atoms with Crippen molar-refractivity contribution in [3.8, 4) is 5.75 Å². The summed E-state index contributed by atoms with van der Waals surface area (Å²) in [4.78, 5) is 2.60. The first kappa shape index (κ1) is 27.3. The van der Waals surface area contributed by atoms with Gasteiger partial charge in [0.05, 0.1) is 5.71 Å². The molecule has 0 fully saturated rings. The van der Waals surface area contributed by atoms with Gasteiger partial charge in [-0.05, 0) is 92.0 Å². The molecule has 3 rings (SSSR count). The first-order valence-electron chi connectivity index (χ1n) is 11.1. The SMILES string of the molecule is CCN=C1C=CC(=C(c2ccc(NCC)c(C)c2)c2cc(O)c(S(=O)(=O)O)cc2S(=O)(=O)O)C=C1C. The van der Waals surface area contributed by atoms with E-state index in [1.165, 1.54) is 0 Å². The van der Waals surface area contributed by atoms with E-state index in [4.69, 9.17) is 0 Å². The highest BCUT2D eigenvalue weighted by atomic mass is 32.2. The summed E-state index contributed by atoms with van der Waals surface area (Å²) in [6, 6.07) is 6.84. The summed E-state index contributed by atoms with van der Waals surface area (Å²) < 4.78 is 67.7. The van der Waals surface area contributed by atoms with Crippen LogP contribution in [0.2, 0.25) is 0 Å². The number of aromatic hydroxyl groups is 1. The third-order valence-electron chi connectivity index (χ3n) is 5.58. The number of allylic oxidation sites excluding steroid dienone is 5. The van der Waals surface area contributed by atoms with Crippen molar-refractivity contribution in [2.45, 2.75) is 37.5 Å². The monoisotopic (exact) mass is 532 g/mol. The quantitative estimate of drug-likeness (QED) is 0.383. The smallest absolute Gasteiger partial charge is 0.298 e. The minimum absolute atomic E-state index is 0.141. The number of phenolic OH excluding ortho intramolecular Hbond substituents is 1. The number of anilines is 1. The lowest BCUT2D eigenvalue weighted by Gasteiger charge is -2.20. The van der Waals surface area contributed by atoms with Crippen molar-refractivity contribution in [3.05, 3.63) is 76.4 Å². The molecule has 192 valence electrons. The molecule has 11 heteroatoms. The number of phenols is 1. The molecule has 1 aliphatic carbocycles. The summed E-state index contributed by atoms with van der Waals surface area (Å²) in [5.41, 5.74) is 4.55. The lowest BCUT2D eigenvalue weighted by Crippen LogP contribution is -2.10. The fourth-order valence-corrected chi connectivity index (χ4v) is 5.38. The summed E-state index contributed by atoms with van der Waals surface area (Å²) in [7, 11) is -9.97. The molecule has 0 amide bonds. The van der Waals surface area contributed by atoms with Crippen LogP contribution in [0, 0.1) is 6.92 Å². The maximum absolute atomic E-state index is 12.4. The third-order valence-corrected chi connectivity index (χ3v) is 7.36. The van der Waals surface area contributed by atoms with Gasteiger partial charge in [-0.15, -0.1) is 0 Å². The number of rotatable bonds is 7. The van der Waals surface area contributed by atoms with Crippen molar-refractivity contribution < 1.29 is 31.0 Å². The summed E-state index contributed by atoms with van der Waals surface area (Å²) >= 11 is 0. The van der Waals surface area contributed by atoms with E-state index in [1.54, 1.807) is 24.3 Å². The van der Waals surface area contributed by atoms with Crippen molar-refractivity contribution in [1.82, 2.24) is 0 Å². The topological polar surface area (TPSA) is 153 Å². The van der Waals surface area contributed by atoms with E-state index in [0.29, 0.717) is 35.9 Å². The minimum Gasteiger partial charge on any atom is -0.506 e. The van der Waals surface area contributed by atoms with E-state index in [1.807, 2.05) is 39.8 Å². The molecule has 36 heavy (non-hydrogen) atoms. The van der Waals surface area contributed by atoms with Gasteiger partial charge in [-0.3, -0.25) is 14.1 Å². The van der Waals surface area contributed by atoms with E-state index in [9.17, 15) is 31.0 Å². The fraction of sp³-hybridized carbons (Fsp3) is 0.240. The number of hydrogen-bond acceptors (Lipinski definition) is 7. The lowest BCUT2D eigenvalue weighted by molar-refractivity contribution is 0.441. The molecule has 0 spiro atoms. The number of nitrogens with one attached hydrogen (secondary N) is 1. The summed E-state index contributed by atoms with van der Waals surface area (Å²) in [6.45, 7) is 8.83. The highest BCUT2D eigenvalue weighted by Gasteiger charge is 2.28. The molecule has 9 nitrogen and oxygen atoms in total. The fourth-order valence-electron chi connectivity index (χ4n) is 4.01. The molecule has 0 radical (unpaired) electrons. The number of hydrogen-bond donors (Lipinski definition) is 4. The van der Waals surface area contributed by atoms with Crippen LogP contribution in [-0.4, -0.2) is 49.8 Å². The van der Waals surface area contributed by atoms with Gasteiger partial charge >= 0.3 is 0 Å². The third kappa shape index (κ3) is 5.76. The molecule has 0 bridgehead atoms. The zero-order valence-corrected chi connectivity index (χ0v) is 21.9. The number of nitrogens with zero attached hydrogens (tertiary/aromatic N) is 1. The van der Waals surface area contributed by atoms with E-state index < -0.39 is 35.8 Å². The second kappa shape index (κ2) is 10.4. The Morgan fingerprint density at radius 2 is 1.61 bits per heavy atom. The van der Waals surface area contributed by atoms with Crippen LogP contribution in [0.4, 0.5) is 5.69 Å². The van der Waals surface area contributed by atoms with E-state index in [0.717, 1.165) is 28.6 Å². The Balaban J connectivity index is 2.46. The Morgan fingerprint density at radius 3 is 2.14 bits per heavy atom. The van der Waals surface area contributed by atoms with Crippen LogP contribution in [-0.2, 0) is 20.2 Å². The maximum atomic E-state index is 12.4. The lowest BCUT2D eigenvalue weighted by atomic mass is 9.88. The maximum Gasteiger partial charge on any atom is 0.298 e.